The lowest BCUT2D eigenvalue weighted by atomic mass is 9.91. The van der Waals surface area contributed by atoms with Crippen LogP contribution in [0.2, 0.25) is 0 Å². The van der Waals surface area contributed by atoms with Crippen LogP contribution in [0.5, 0.6) is 0 Å². The zero-order valence-corrected chi connectivity index (χ0v) is 11.7. The summed E-state index contributed by atoms with van der Waals surface area (Å²) in [6, 6.07) is 6.83. The van der Waals surface area contributed by atoms with Gasteiger partial charge in [0.05, 0.1) is 4.90 Å². The number of benzene rings is 1. The molecule has 18 heavy (non-hydrogen) atoms. The van der Waals surface area contributed by atoms with Gasteiger partial charge in [-0.3, -0.25) is 0 Å². The average Bonchev–Trinajstić information content (AvgIpc) is 2.27. The van der Waals surface area contributed by atoms with Gasteiger partial charge in [-0.05, 0) is 42.5 Å². The molecule has 0 aromatic heterocycles. The molecule has 1 aromatic rings. The lowest BCUT2D eigenvalue weighted by Crippen LogP contribution is -2.38. The fraction of sp³-hybridized carbons (Fsp3) is 0.538. The van der Waals surface area contributed by atoms with Gasteiger partial charge >= 0.3 is 0 Å². The molecule has 1 heterocycles. The molecule has 0 radical (unpaired) electrons. The minimum absolute atomic E-state index is 0.171. The first-order chi connectivity index (χ1) is 8.36. The predicted molar refractivity (Wildman–Crippen MR) is 73.0 cm³/mol. The molecular weight excluding hydrogens is 248 g/mol. The van der Waals surface area contributed by atoms with Gasteiger partial charge in [-0.15, -0.1) is 0 Å². The normalized spacial score (nSPS) is 25.2. The number of rotatable bonds is 2. The van der Waals surface area contributed by atoms with Gasteiger partial charge < -0.3 is 4.90 Å². The maximum absolute atomic E-state index is 11.2. The van der Waals surface area contributed by atoms with E-state index in [1.54, 1.807) is 12.1 Å². The number of anilines is 1. The molecule has 2 unspecified atom stereocenters. The van der Waals surface area contributed by atoms with Crippen LogP contribution in [-0.4, -0.2) is 21.5 Å². The number of primary sulfonamides is 1. The van der Waals surface area contributed by atoms with Crippen molar-refractivity contribution in [1.82, 2.24) is 0 Å². The van der Waals surface area contributed by atoms with E-state index >= 15 is 0 Å². The number of hydrogen-bond donors (Lipinski definition) is 1. The molecule has 1 fully saturated rings. The number of nitrogens with zero attached hydrogens (tertiary/aromatic N) is 1. The Morgan fingerprint density at radius 3 is 2.06 bits per heavy atom. The zero-order valence-electron chi connectivity index (χ0n) is 10.8. The van der Waals surface area contributed by atoms with Gasteiger partial charge in [0, 0.05) is 18.8 Å². The Morgan fingerprint density at radius 2 is 1.61 bits per heavy atom. The van der Waals surface area contributed by atoms with Crippen molar-refractivity contribution in [3.05, 3.63) is 24.3 Å². The maximum Gasteiger partial charge on any atom is 0.238 e. The van der Waals surface area contributed by atoms with Gasteiger partial charge in [-0.25, -0.2) is 13.6 Å². The molecule has 1 aliphatic rings. The Morgan fingerprint density at radius 1 is 1.11 bits per heavy atom. The lowest BCUT2D eigenvalue weighted by molar-refractivity contribution is 0.357. The first-order valence-corrected chi connectivity index (χ1v) is 7.78. The van der Waals surface area contributed by atoms with Crippen LogP contribution in [0.25, 0.3) is 0 Å². The molecular formula is C13H20N2O2S. The van der Waals surface area contributed by atoms with Gasteiger partial charge in [0.25, 0.3) is 0 Å². The SMILES string of the molecule is CC1CC(C)CN(c2ccc(S(N)(=O)=O)cc2)C1. The largest absolute Gasteiger partial charge is 0.371 e. The Labute approximate surface area is 109 Å². The standard InChI is InChI=1S/C13H20N2O2S/c1-10-7-11(2)9-15(8-10)12-3-5-13(6-4-12)18(14,16)17/h3-6,10-11H,7-9H2,1-2H3,(H2,14,16,17). The third-order valence-corrected chi connectivity index (χ3v) is 4.33. The van der Waals surface area contributed by atoms with Crippen LogP contribution in [0.4, 0.5) is 5.69 Å². The van der Waals surface area contributed by atoms with Crippen molar-refractivity contribution >= 4 is 15.7 Å². The maximum atomic E-state index is 11.2. The average molecular weight is 268 g/mol. The van der Waals surface area contributed by atoms with E-state index in [-0.39, 0.29) is 4.90 Å². The number of hydrogen-bond acceptors (Lipinski definition) is 3. The topological polar surface area (TPSA) is 63.4 Å². The van der Waals surface area contributed by atoms with E-state index in [9.17, 15) is 8.42 Å². The van der Waals surface area contributed by atoms with Gasteiger partial charge in [-0.2, -0.15) is 0 Å². The van der Waals surface area contributed by atoms with Crippen LogP contribution < -0.4 is 10.0 Å². The van der Waals surface area contributed by atoms with Crippen molar-refractivity contribution in [2.45, 2.75) is 25.2 Å². The van der Waals surface area contributed by atoms with Crippen LogP contribution in [0, 0.1) is 11.8 Å². The van der Waals surface area contributed by atoms with E-state index in [2.05, 4.69) is 18.7 Å². The summed E-state index contributed by atoms with van der Waals surface area (Å²) in [4.78, 5) is 2.48. The molecule has 1 aromatic carbocycles. The molecule has 0 amide bonds. The molecule has 0 aliphatic carbocycles. The summed E-state index contributed by atoms with van der Waals surface area (Å²) in [6.45, 7) is 6.56. The molecule has 0 spiro atoms. The highest BCUT2D eigenvalue weighted by atomic mass is 32.2. The zero-order chi connectivity index (χ0) is 13.3. The lowest BCUT2D eigenvalue weighted by Gasteiger charge is -2.36. The van der Waals surface area contributed by atoms with Crippen molar-refractivity contribution in [3.8, 4) is 0 Å². The molecule has 0 bridgehead atoms. The Balaban J connectivity index is 2.19. The van der Waals surface area contributed by atoms with E-state index in [1.807, 2.05) is 12.1 Å². The van der Waals surface area contributed by atoms with Crippen LogP contribution in [0.3, 0.4) is 0 Å². The van der Waals surface area contributed by atoms with Crippen LogP contribution in [0.15, 0.2) is 29.2 Å². The fourth-order valence-electron chi connectivity index (χ4n) is 2.72. The molecule has 1 aliphatic heterocycles. The second kappa shape index (κ2) is 4.90. The van der Waals surface area contributed by atoms with E-state index in [0.717, 1.165) is 18.8 Å². The summed E-state index contributed by atoms with van der Waals surface area (Å²) in [6.07, 6.45) is 1.26. The highest BCUT2D eigenvalue weighted by Gasteiger charge is 2.22. The van der Waals surface area contributed by atoms with Gasteiger partial charge in [0.15, 0.2) is 0 Å². The quantitative estimate of drug-likeness (QED) is 0.890. The van der Waals surface area contributed by atoms with Gasteiger partial charge in [0.1, 0.15) is 0 Å². The summed E-state index contributed by atoms with van der Waals surface area (Å²) in [5.74, 6) is 1.35. The first-order valence-electron chi connectivity index (χ1n) is 6.24. The number of sulfonamides is 1. The molecule has 5 heteroatoms. The fourth-order valence-corrected chi connectivity index (χ4v) is 3.24. The van der Waals surface area contributed by atoms with Crippen molar-refractivity contribution in [3.63, 3.8) is 0 Å². The van der Waals surface area contributed by atoms with E-state index < -0.39 is 10.0 Å². The van der Waals surface area contributed by atoms with E-state index in [0.29, 0.717) is 11.8 Å². The van der Waals surface area contributed by atoms with Crippen LogP contribution in [-0.2, 0) is 10.0 Å². The smallest absolute Gasteiger partial charge is 0.238 e. The third-order valence-electron chi connectivity index (χ3n) is 3.40. The Hall–Kier alpha value is -1.07. The molecule has 100 valence electrons. The molecule has 2 rings (SSSR count). The van der Waals surface area contributed by atoms with Crippen molar-refractivity contribution in [2.75, 3.05) is 18.0 Å². The minimum Gasteiger partial charge on any atom is -0.371 e. The molecule has 4 nitrogen and oxygen atoms in total. The summed E-state index contributed by atoms with van der Waals surface area (Å²) in [7, 11) is -3.59. The van der Waals surface area contributed by atoms with E-state index in [4.69, 9.17) is 5.14 Å². The third kappa shape index (κ3) is 3.03. The minimum atomic E-state index is -3.59. The second-order valence-corrected chi connectivity index (χ2v) is 6.95. The summed E-state index contributed by atoms with van der Waals surface area (Å²) >= 11 is 0. The predicted octanol–water partition coefficient (Wildman–Crippen LogP) is 1.82. The van der Waals surface area contributed by atoms with Crippen molar-refractivity contribution < 1.29 is 8.42 Å². The number of nitrogens with two attached hydrogens (primary N) is 1. The van der Waals surface area contributed by atoms with Crippen LogP contribution in [0.1, 0.15) is 20.3 Å². The summed E-state index contributed by atoms with van der Waals surface area (Å²) in [5.41, 5.74) is 1.07. The number of piperidine rings is 1. The molecule has 2 N–H and O–H groups in total. The monoisotopic (exact) mass is 268 g/mol. The highest BCUT2D eigenvalue weighted by Crippen LogP contribution is 2.26. The summed E-state index contributed by atoms with van der Waals surface area (Å²) in [5, 5.41) is 5.09. The molecule has 1 saturated heterocycles. The van der Waals surface area contributed by atoms with Crippen molar-refractivity contribution in [1.29, 1.82) is 0 Å². The first kappa shape index (κ1) is 13.4. The van der Waals surface area contributed by atoms with Crippen molar-refractivity contribution in [2.24, 2.45) is 17.0 Å². The molecule has 0 saturated carbocycles. The molecule has 2 atom stereocenters. The van der Waals surface area contributed by atoms with E-state index in [1.165, 1.54) is 6.42 Å². The highest BCUT2D eigenvalue weighted by molar-refractivity contribution is 7.89. The summed E-state index contributed by atoms with van der Waals surface area (Å²) < 4.78 is 22.4. The van der Waals surface area contributed by atoms with Gasteiger partial charge in [-0.1, -0.05) is 13.8 Å². The Bertz CT molecular complexity index is 500. The van der Waals surface area contributed by atoms with Crippen LogP contribution >= 0.6 is 0 Å². The van der Waals surface area contributed by atoms with Gasteiger partial charge in [0.2, 0.25) is 10.0 Å². The second-order valence-electron chi connectivity index (χ2n) is 5.39. The Kier molecular flexibility index (Phi) is 3.64.